The molecule has 2 amide bonds. The second-order valence-electron chi connectivity index (χ2n) is 6.89. The predicted molar refractivity (Wildman–Crippen MR) is 106 cm³/mol. The molecule has 0 heterocycles. The molecule has 0 saturated heterocycles. The molecular formula is C19H28N2O5S. The minimum atomic E-state index is -0.679. The summed E-state index contributed by atoms with van der Waals surface area (Å²) in [7, 11) is 1.32. The summed E-state index contributed by atoms with van der Waals surface area (Å²) in [6.07, 6.45) is 1.81. The van der Waals surface area contributed by atoms with E-state index in [1.54, 1.807) is 56.8 Å². The van der Waals surface area contributed by atoms with Crippen LogP contribution in [0.5, 0.6) is 0 Å². The van der Waals surface area contributed by atoms with Crippen molar-refractivity contribution in [2.24, 2.45) is 0 Å². The quantitative estimate of drug-likeness (QED) is 0.656. The highest BCUT2D eigenvalue weighted by atomic mass is 32.2. The lowest BCUT2D eigenvalue weighted by atomic mass is 10.1. The number of nitrogens with one attached hydrogen (secondary N) is 2. The van der Waals surface area contributed by atoms with Gasteiger partial charge in [0, 0.05) is 6.54 Å². The number of carbonyl (C=O) groups is 3. The summed E-state index contributed by atoms with van der Waals surface area (Å²) in [5, 5.41) is 5.43. The summed E-state index contributed by atoms with van der Waals surface area (Å²) < 4.78 is 9.88. The van der Waals surface area contributed by atoms with Gasteiger partial charge in [0.2, 0.25) is 5.91 Å². The Kier molecular flexibility index (Phi) is 9.14. The van der Waals surface area contributed by atoms with Gasteiger partial charge in [0.25, 0.3) is 0 Å². The Morgan fingerprint density at radius 2 is 1.78 bits per heavy atom. The molecular weight excluding hydrogens is 368 g/mol. The van der Waals surface area contributed by atoms with Gasteiger partial charge in [0.05, 0.1) is 12.7 Å². The molecule has 27 heavy (non-hydrogen) atoms. The summed E-state index contributed by atoms with van der Waals surface area (Å²) in [6.45, 7) is 5.58. The smallest absolute Gasteiger partial charge is 0.408 e. The second-order valence-corrected chi connectivity index (χ2v) is 7.87. The van der Waals surface area contributed by atoms with Crippen molar-refractivity contribution < 1.29 is 23.9 Å². The molecule has 2 N–H and O–H groups in total. The number of hydrogen-bond donors (Lipinski definition) is 2. The Bertz CT molecular complexity index is 640. The maximum atomic E-state index is 12.5. The molecule has 1 aromatic rings. The van der Waals surface area contributed by atoms with E-state index in [4.69, 9.17) is 4.74 Å². The number of hydrogen-bond acceptors (Lipinski definition) is 6. The van der Waals surface area contributed by atoms with E-state index < -0.39 is 23.7 Å². The number of esters is 1. The van der Waals surface area contributed by atoms with Gasteiger partial charge in [-0.15, -0.1) is 0 Å². The Morgan fingerprint density at radius 3 is 2.30 bits per heavy atom. The zero-order valence-corrected chi connectivity index (χ0v) is 17.3. The standard InChI is InChI=1S/C19H28N2O5S/c1-19(2,3)26-18(24)21-15(10-11-27-5)16(22)20-12-13-6-8-14(9-7-13)17(23)25-4/h6-9,15H,10-12H2,1-5H3,(H,20,22)(H,21,24). The van der Waals surface area contributed by atoms with Crippen LogP contribution in [0.25, 0.3) is 0 Å². The summed E-state index contributed by atoms with van der Waals surface area (Å²) in [5.74, 6) is 0.0260. The number of thioether (sulfide) groups is 1. The third kappa shape index (κ3) is 8.81. The lowest BCUT2D eigenvalue weighted by molar-refractivity contribution is -0.123. The molecule has 1 aromatic carbocycles. The van der Waals surface area contributed by atoms with Crippen LogP contribution in [0.4, 0.5) is 4.79 Å². The van der Waals surface area contributed by atoms with Gasteiger partial charge in [0.1, 0.15) is 11.6 Å². The van der Waals surface area contributed by atoms with E-state index in [9.17, 15) is 14.4 Å². The van der Waals surface area contributed by atoms with Crippen molar-refractivity contribution in [1.82, 2.24) is 10.6 Å². The van der Waals surface area contributed by atoms with Gasteiger partial charge in [-0.3, -0.25) is 4.79 Å². The monoisotopic (exact) mass is 396 g/mol. The van der Waals surface area contributed by atoms with Gasteiger partial charge in [-0.1, -0.05) is 12.1 Å². The van der Waals surface area contributed by atoms with Gasteiger partial charge in [-0.2, -0.15) is 11.8 Å². The minimum Gasteiger partial charge on any atom is -0.465 e. The van der Waals surface area contributed by atoms with Crippen LogP contribution in [0, 0.1) is 0 Å². The molecule has 1 rings (SSSR count). The molecule has 0 aliphatic heterocycles. The normalized spacial score (nSPS) is 12.0. The number of benzene rings is 1. The zero-order valence-electron chi connectivity index (χ0n) is 16.5. The van der Waals surface area contributed by atoms with Crippen molar-refractivity contribution in [3.8, 4) is 0 Å². The van der Waals surface area contributed by atoms with E-state index in [0.29, 0.717) is 12.0 Å². The highest BCUT2D eigenvalue weighted by Gasteiger charge is 2.23. The van der Waals surface area contributed by atoms with E-state index in [0.717, 1.165) is 11.3 Å². The molecule has 1 unspecified atom stereocenters. The third-order valence-electron chi connectivity index (χ3n) is 3.46. The first-order chi connectivity index (χ1) is 12.7. The van der Waals surface area contributed by atoms with Crippen LogP contribution in [0.1, 0.15) is 43.1 Å². The van der Waals surface area contributed by atoms with Crippen LogP contribution >= 0.6 is 11.8 Å². The molecule has 0 aliphatic rings. The Morgan fingerprint density at radius 1 is 1.15 bits per heavy atom. The molecule has 0 radical (unpaired) electrons. The average molecular weight is 397 g/mol. The van der Waals surface area contributed by atoms with E-state index in [2.05, 4.69) is 15.4 Å². The van der Waals surface area contributed by atoms with E-state index >= 15 is 0 Å². The molecule has 0 spiro atoms. The topological polar surface area (TPSA) is 93.7 Å². The van der Waals surface area contributed by atoms with Crippen molar-refractivity contribution in [3.63, 3.8) is 0 Å². The number of ether oxygens (including phenoxy) is 2. The number of rotatable bonds is 8. The number of carbonyl (C=O) groups excluding carboxylic acids is 3. The first-order valence-corrected chi connectivity index (χ1v) is 9.99. The van der Waals surface area contributed by atoms with Crippen LogP contribution < -0.4 is 10.6 Å². The Labute approximate surface area is 164 Å². The van der Waals surface area contributed by atoms with E-state index in [1.165, 1.54) is 7.11 Å². The molecule has 8 heteroatoms. The van der Waals surface area contributed by atoms with Crippen LogP contribution in [0.2, 0.25) is 0 Å². The molecule has 0 aromatic heterocycles. The van der Waals surface area contributed by atoms with E-state index in [1.807, 2.05) is 6.26 Å². The minimum absolute atomic E-state index is 0.284. The van der Waals surface area contributed by atoms with Gasteiger partial charge in [-0.25, -0.2) is 9.59 Å². The van der Waals surface area contributed by atoms with Gasteiger partial charge >= 0.3 is 12.1 Å². The molecule has 150 valence electrons. The molecule has 1 atom stereocenters. The fraction of sp³-hybridized carbons (Fsp3) is 0.526. The number of methoxy groups -OCH3 is 1. The predicted octanol–water partition coefficient (Wildman–Crippen LogP) is 2.74. The summed E-state index contributed by atoms with van der Waals surface area (Å²) in [6, 6.07) is 6.08. The van der Waals surface area contributed by atoms with Crippen LogP contribution in [-0.2, 0) is 20.8 Å². The largest absolute Gasteiger partial charge is 0.465 e. The Hall–Kier alpha value is -2.22. The highest BCUT2D eigenvalue weighted by molar-refractivity contribution is 7.98. The van der Waals surface area contributed by atoms with Gasteiger partial charge in [0.15, 0.2) is 0 Å². The highest BCUT2D eigenvalue weighted by Crippen LogP contribution is 2.09. The van der Waals surface area contributed by atoms with Crippen molar-refractivity contribution in [2.75, 3.05) is 19.1 Å². The maximum absolute atomic E-state index is 12.5. The van der Waals surface area contributed by atoms with Crippen molar-refractivity contribution >= 4 is 29.7 Å². The maximum Gasteiger partial charge on any atom is 0.408 e. The third-order valence-corrected chi connectivity index (χ3v) is 4.10. The van der Waals surface area contributed by atoms with Crippen molar-refractivity contribution in [1.29, 1.82) is 0 Å². The van der Waals surface area contributed by atoms with Crippen molar-refractivity contribution in [3.05, 3.63) is 35.4 Å². The molecule has 0 saturated carbocycles. The lowest BCUT2D eigenvalue weighted by Crippen LogP contribution is -2.48. The zero-order chi connectivity index (χ0) is 20.4. The van der Waals surface area contributed by atoms with Crippen LogP contribution in [0.3, 0.4) is 0 Å². The average Bonchev–Trinajstić information content (AvgIpc) is 2.61. The first-order valence-electron chi connectivity index (χ1n) is 8.59. The van der Waals surface area contributed by atoms with E-state index in [-0.39, 0.29) is 12.5 Å². The molecule has 0 aliphatic carbocycles. The SMILES string of the molecule is COC(=O)c1ccc(CNC(=O)C(CCSC)NC(=O)OC(C)(C)C)cc1. The van der Waals surface area contributed by atoms with Gasteiger partial charge < -0.3 is 20.1 Å². The number of amides is 2. The molecule has 7 nitrogen and oxygen atoms in total. The molecule has 0 bridgehead atoms. The summed E-state index contributed by atoms with van der Waals surface area (Å²) in [5.41, 5.74) is 0.639. The summed E-state index contributed by atoms with van der Waals surface area (Å²) >= 11 is 1.59. The second kappa shape index (κ2) is 10.8. The molecule has 0 fully saturated rings. The van der Waals surface area contributed by atoms with Gasteiger partial charge in [-0.05, 0) is 56.9 Å². The fourth-order valence-corrected chi connectivity index (χ4v) is 2.61. The fourth-order valence-electron chi connectivity index (χ4n) is 2.14. The lowest BCUT2D eigenvalue weighted by Gasteiger charge is -2.23. The number of alkyl carbamates (subject to hydrolysis) is 1. The van der Waals surface area contributed by atoms with Crippen molar-refractivity contribution in [2.45, 2.75) is 45.4 Å². The van der Waals surface area contributed by atoms with Crippen LogP contribution in [-0.4, -0.2) is 48.7 Å². The van der Waals surface area contributed by atoms with Crippen LogP contribution in [0.15, 0.2) is 24.3 Å². The summed E-state index contributed by atoms with van der Waals surface area (Å²) in [4.78, 5) is 35.9. The first kappa shape index (κ1) is 22.8. The Balaban J connectivity index is 2.64.